The summed E-state index contributed by atoms with van der Waals surface area (Å²) in [5.41, 5.74) is 2.16. The molecule has 3 aromatic rings. The van der Waals surface area contributed by atoms with Gasteiger partial charge in [0.05, 0.1) is 25.6 Å². The summed E-state index contributed by atoms with van der Waals surface area (Å²) >= 11 is 0. The fourth-order valence-electron chi connectivity index (χ4n) is 4.08. The van der Waals surface area contributed by atoms with Crippen molar-refractivity contribution in [1.82, 2.24) is 19.5 Å². The second kappa shape index (κ2) is 8.99. The molecule has 2 aromatic heterocycles. The lowest BCUT2D eigenvalue weighted by atomic mass is 10.1. The van der Waals surface area contributed by atoms with Gasteiger partial charge in [0.15, 0.2) is 23.2 Å². The van der Waals surface area contributed by atoms with E-state index in [0.717, 1.165) is 37.4 Å². The second-order valence-corrected chi connectivity index (χ2v) is 8.19. The highest BCUT2D eigenvalue weighted by Crippen LogP contribution is 2.32. The van der Waals surface area contributed by atoms with Crippen molar-refractivity contribution in [2.45, 2.75) is 57.0 Å². The van der Waals surface area contributed by atoms with Crippen molar-refractivity contribution in [2.24, 2.45) is 0 Å². The highest BCUT2D eigenvalue weighted by atomic mass is 16.6. The first kappa shape index (κ1) is 21.1. The Morgan fingerprint density at radius 2 is 1.88 bits per heavy atom. The van der Waals surface area contributed by atoms with Crippen LogP contribution < -0.4 is 10.1 Å². The summed E-state index contributed by atoms with van der Waals surface area (Å²) in [7, 11) is 0. The zero-order valence-electron chi connectivity index (χ0n) is 17.8. The average Bonchev–Trinajstić information content (AvgIpc) is 3.36. The van der Waals surface area contributed by atoms with E-state index in [2.05, 4.69) is 20.3 Å². The number of benzene rings is 1. The molecule has 2 fully saturated rings. The largest absolute Gasteiger partial charge is 0.490 e. The lowest BCUT2D eigenvalue weighted by Crippen LogP contribution is -2.30. The molecule has 4 atom stereocenters. The monoisotopic (exact) mass is 441 g/mol. The number of fused-ring (bicyclic) bond motifs is 1. The molecule has 1 aromatic carbocycles. The molecule has 5 rings (SSSR count). The number of nitrogens with zero attached hydrogens (tertiary/aromatic N) is 4. The van der Waals surface area contributed by atoms with Gasteiger partial charge in [-0.2, -0.15) is 0 Å². The van der Waals surface area contributed by atoms with E-state index in [1.807, 2.05) is 24.3 Å². The number of nitrogens with one attached hydrogen (secondary N) is 1. The molecule has 0 amide bonds. The van der Waals surface area contributed by atoms with Gasteiger partial charge in [-0.1, -0.05) is 12.1 Å². The highest BCUT2D eigenvalue weighted by Gasteiger charge is 2.42. The van der Waals surface area contributed by atoms with Crippen LogP contribution >= 0.6 is 0 Å². The number of anilines is 1. The SMILES string of the molecule is C[C@H]1O[C@@H](n2cnc3c(NCc4ccc(OC5CCOCC5)cc4)ncnc32)[C@H](O)[C@@H]1O. The smallest absolute Gasteiger partial charge is 0.167 e. The van der Waals surface area contributed by atoms with Crippen LogP contribution in [0.5, 0.6) is 5.75 Å². The third-order valence-electron chi connectivity index (χ3n) is 5.96. The fraction of sp³-hybridized carbons (Fsp3) is 0.500. The number of hydrogen-bond donors (Lipinski definition) is 3. The number of aliphatic hydroxyl groups is 2. The first-order valence-corrected chi connectivity index (χ1v) is 10.9. The van der Waals surface area contributed by atoms with Crippen LogP contribution in [0.1, 0.15) is 31.6 Å². The zero-order chi connectivity index (χ0) is 22.1. The lowest BCUT2D eigenvalue weighted by Gasteiger charge is -2.23. The maximum absolute atomic E-state index is 10.3. The summed E-state index contributed by atoms with van der Waals surface area (Å²) in [5, 5.41) is 23.6. The molecular weight excluding hydrogens is 414 g/mol. The van der Waals surface area contributed by atoms with Gasteiger partial charge in [-0.3, -0.25) is 4.57 Å². The van der Waals surface area contributed by atoms with Crippen LogP contribution in [0.15, 0.2) is 36.9 Å². The summed E-state index contributed by atoms with van der Waals surface area (Å²) in [6.07, 6.45) is 1.78. The molecule has 3 N–H and O–H groups in total. The molecule has 2 aliphatic rings. The Hall–Kier alpha value is -2.79. The lowest BCUT2D eigenvalue weighted by molar-refractivity contribution is -0.0299. The number of aromatic nitrogens is 4. The minimum absolute atomic E-state index is 0.212. The van der Waals surface area contributed by atoms with Gasteiger partial charge in [-0.25, -0.2) is 15.0 Å². The Morgan fingerprint density at radius 1 is 1.09 bits per heavy atom. The standard InChI is InChI=1S/C22H27N5O5/c1-13-18(28)19(29)22(31-13)27-12-26-17-20(24-11-25-21(17)27)23-10-14-2-4-15(5-3-14)32-16-6-8-30-9-7-16/h2-5,11-13,16,18-19,22,28-29H,6-10H2,1H3,(H,23,24,25)/t13-,18-,19-,22-/m1/s1. The van der Waals surface area contributed by atoms with Gasteiger partial charge in [0, 0.05) is 19.4 Å². The van der Waals surface area contributed by atoms with E-state index in [4.69, 9.17) is 14.2 Å². The number of rotatable bonds is 6. The third kappa shape index (κ3) is 4.14. The second-order valence-electron chi connectivity index (χ2n) is 8.19. The molecular formula is C22H27N5O5. The van der Waals surface area contributed by atoms with Crippen LogP contribution in [-0.2, 0) is 16.0 Å². The van der Waals surface area contributed by atoms with Crippen LogP contribution in [0, 0.1) is 0 Å². The summed E-state index contributed by atoms with van der Waals surface area (Å²) in [6, 6.07) is 7.98. The maximum Gasteiger partial charge on any atom is 0.167 e. The fourth-order valence-corrected chi connectivity index (χ4v) is 4.08. The van der Waals surface area contributed by atoms with E-state index in [1.54, 1.807) is 17.8 Å². The molecule has 170 valence electrons. The Labute approximate surface area is 185 Å². The van der Waals surface area contributed by atoms with Crippen molar-refractivity contribution in [3.8, 4) is 5.75 Å². The van der Waals surface area contributed by atoms with E-state index in [0.29, 0.717) is 23.5 Å². The molecule has 2 aliphatic heterocycles. The minimum Gasteiger partial charge on any atom is -0.490 e. The Morgan fingerprint density at radius 3 is 2.59 bits per heavy atom. The minimum atomic E-state index is -1.06. The van der Waals surface area contributed by atoms with Crippen LogP contribution in [0.25, 0.3) is 11.2 Å². The van der Waals surface area contributed by atoms with Crippen LogP contribution in [0.3, 0.4) is 0 Å². The van der Waals surface area contributed by atoms with Crippen molar-refractivity contribution < 1.29 is 24.4 Å². The molecule has 0 radical (unpaired) electrons. The molecule has 0 bridgehead atoms. The third-order valence-corrected chi connectivity index (χ3v) is 5.96. The highest BCUT2D eigenvalue weighted by molar-refractivity contribution is 5.82. The summed E-state index contributed by atoms with van der Waals surface area (Å²) < 4.78 is 18.7. The maximum atomic E-state index is 10.3. The molecule has 0 aliphatic carbocycles. The summed E-state index contributed by atoms with van der Waals surface area (Å²) in [5.74, 6) is 1.44. The predicted molar refractivity (Wildman–Crippen MR) is 115 cm³/mol. The van der Waals surface area contributed by atoms with Gasteiger partial charge < -0.3 is 29.7 Å². The molecule has 0 saturated carbocycles. The van der Waals surface area contributed by atoms with Crippen molar-refractivity contribution in [3.05, 3.63) is 42.5 Å². The van der Waals surface area contributed by atoms with E-state index in [-0.39, 0.29) is 6.10 Å². The topological polar surface area (TPSA) is 124 Å². The van der Waals surface area contributed by atoms with Gasteiger partial charge >= 0.3 is 0 Å². The first-order valence-electron chi connectivity index (χ1n) is 10.9. The summed E-state index contributed by atoms with van der Waals surface area (Å²) in [6.45, 7) is 3.77. The number of ether oxygens (including phenoxy) is 3. The molecule has 0 unspecified atom stereocenters. The predicted octanol–water partition coefficient (Wildman–Crippen LogP) is 1.64. The zero-order valence-corrected chi connectivity index (χ0v) is 17.8. The molecule has 2 saturated heterocycles. The Balaban J connectivity index is 1.26. The summed E-state index contributed by atoms with van der Waals surface area (Å²) in [4.78, 5) is 13.0. The molecule has 0 spiro atoms. The van der Waals surface area contributed by atoms with E-state index >= 15 is 0 Å². The van der Waals surface area contributed by atoms with Crippen molar-refractivity contribution in [1.29, 1.82) is 0 Å². The van der Waals surface area contributed by atoms with Gasteiger partial charge in [-0.15, -0.1) is 0 Å². The van der Waals surface area contributed by atoms with Crippen molar-refractivity contribution in [2.75, 3.05) is 18.5 Å². The molecule has 10 heteroatoms. The van der Waals surface area contributed by atoms with Crippen LogP contribution in [0.2, 0.25) is 0 Å². The quantitative estimate of drug-likeness (QED) is 0.524. The van der Waals surface area contributed by atoms with E-state index < -0.39 is 24.5 Å². The Bertz CT molecular complexity index is 1050. The normalized spacial score (nSPS) is 26.5. The average molecular weight is 441 g/mol. The van der Waals surface area contributed by atoms with Gasteiger partial charge in [0.1, 0.15) is 30.4 Å². The van der Waals surface area contributed by atoms with Crippen LogP contribution in [0.4, 0.5) is 5.82 Å². The van der Waals surface area contributed by atoms with Gasteiger partial charge in [0.25, 0.3) is 0 Å². The first-order chi connectivity index (χ1) is 15.6. The Kier molecular flexibility index (Phi) is 5.92. The van der Waals surface area contributed by atoms with E-state index in [9.17, 15) is 10.2 Å². The molecule has 4 heterocycles. The van der Waals surface area contributed by atoms with Crippen molar-refractivity contribution >= 4 is 17.0 Å². The van der Waals surface area contributed by atoms with Gasteiger partial charge in [0.2, 0.25) is 0 Å². The molecule has 10 nitrogen and oxygen atoms in total. The number of aliphatic hydroxyl groups excluding tert-OH is 2. The van der Waals surface area contributed by atoms with Crippen molar-refractivity contribution in [3.63, 3.8) is 0 Å². The van der Waals surface area contributed by atoms with Gasteiger partial charge in [-0.05, 0) is 24.6 Å². The molecule has 32 heavy (non-hydrogen) atoms. The number of hydrogen-bond acceptors (Lipinski definition) is 9. The van der Waals surface area contributed by atoms with Crippen LogP contribution in [-0.4, -0.2) is 67.4 Å². The van der Waals surface area contributed by atoms with E-state index in [1.165, 1.54) is 6.33 Å². The number of imidazole rings is 1.